The number of nitrogens with zero attached hydrogens (tertiary/aromatic N) is 2. The number of rotatable bonds is 3. The maximum atomic E-state index is 13.3. The Kier molecular flexibility index (Phi) is 3.18. The first-order valence-electron chi connectivity index (χ1n) is 7.22. The number of hydrogen-bond acceptors (Lipinski definition) is 3. The molecule has 6 heteroatoms. The molecule has 0 radical (unpaired) electrons. The Morgan fingerprint density at radius 3 is 3.14 bits per heavy atom. The lowest BCUT2D eigenvalue weighted by Gasteiger charge is -2.05. The minimum Gasteiger partial charge on any atom is -0.338 e. The first kappa shape index (κ1) is 13.5. The van der Waals surface area contributed by atoms with E-state index in [1.54, 1.807) is 28.2 Å². The first-order chi connectivity index (χ1) is 10.7. The first-order valence-corrected chi connectivity index (χ1v) is 8.03. The average molecular weight is 315 g/mol. The quantitative estimate of drug-likeness (QED) is 0.805. The normalized spacial score (nSPS) is 13.5. The van der Waals surface area contributed by atoms with Gasteiger partial charge in [-0.1, -0.05) is 0 Å². The third kappa shape index (κ3) is 2.39. The highest BCUT2D eigenvalue weighted by molar-refractivity contribution is 7.15. The fourth-order valence-corrected chi connectivity index (χ4v) is 3.92. The molecular formula is C16H14FN3OS. The minimum absolute atomic E-state index is 0.144. The Labute approximate surface area is 130 Å². The highest BCUT2D eigenvalue weighted by Gasteiger charge is 2.18. The summed E-state index contributed by atoms with van der Waals surface area (Å²) in [6.45, 7) is 0.150. The van der Waals surface area contributed by atoms with Gasteiger partial charge >= 0.3 is 0 Å². The average Bonchev–Trinajstić information content (AvgIpc) is 3.14. The molecule has 0 fully saturated rings. The molecular weight excluding hydrogens is 301 g/mol. The predicted molar refractivity (Wildman–Crippen MR) is 84.7 cm³/mol. The number of aryl methyl sites for hydroxylation is 2. The summed E-state index contributed by atoms with van der Waals surface area (Å²) in [5.74, 6) is -0.446. The van der Waals surface area contributed by atoms with Gasteiger partial charge in [0.2, 0.25) is 5.91 Å². The van der Waals surface area contributed by atoms with E-state index in [1.165, 1.54) is 17.0 Å². The molecule has 1 aliphatic rings. The second-order valence-corrected chi connectivity index (χ2v) is 6.52. The third-order valence-corrected chi connectivity index (χ3v) is 4.96. The Bertz CT molecular complexity index is 846. The van der Waals surface area contributed by atoms with Crippen LogP contribution in [0.3, 0.4) is 0 Å². The molecule has 2 heterocycles. The van der Waals surface area contributed by atoms with E-state index in [4.69, 9.17) is 0 Å². The molecule has 1 aromatic carbocycles. The SMILES string of the molecule is O=C(Cn1ccc2ccc(F)cc21)Nc1nc2c(s1)CCC2. The van der Waals surface area contributed by atoms with E-state index in [0.717, 1.165) is 35.9 Å². The summed E-state index contributed by atoms with van der Waals surface area (Å²) in [6, 6.07) is 6.45. The molecule has 4 nitrogen and oxygen atoms in total. The van der Waals surface area contributed by atoms with Crippen molar-refractivity contribution in [2.75, 3.05) is 5.32 Å². The minimum atomic E-state index is -0.302. The summed E-state index contributed by atoms with van der Waals surface area (Å²) in [6.07, 6.45) is 5.02. The number of carbonyl (C=O) groups is 1. The van der Waals surface area contributed by atoms with Crippen LogP contribution in [0.15, 0.2) is 30.5 Å². The highest BCUT2D eigenvalue weighted by Crippen LogP contribution is 2.30. The number of halogens is 1. The molecule has 0 spiro atoms. The molecule has 0 saturated heterocycles. The van der Waals surface area contributed by atoms with Crippen molar-refractivity contribution in [2.45, 2.75) is 25.8 Å². The van der Waals surface area contributed by atoms with Gasteiger partial charge in [-0.05, 0) is 48.9 Å². The molecule has 112 valence electrons. The molecule has 0 unspecified atom stereocenters. The number of benzene rings is 1. The van der Waals surface area contributed by atoms with E-state index >= 15 is 0 Å². The number of hydrogen-bond donors (Lipinski definition) is 1. The van der Waals surface area contributed by atoms with E-state index in [0.29, 0.717) is 5.13 Å². The fourth-order valence-electron chi connectivity index (χ4n) is 2.85. The van der Waals surface area contributed by atoms with Gasteiger partial charge in [0, 0.05) is 11.1 Å². The number of carbonyl (C=O) groups excluding carboxylic acids is 1. The van der Waals surface area contributed by atoms with E-state index < -0.39 is 0 Å². The maximum absolute atomic E-state index is 13.3. The van der Waals surface area contributed by atoms with Crippen molar-refractivity contribution in [2.24, 2.45) is 0 Å². The van der Waals surface area contributed by atoms with Gasteiger partial charge in [0.15, 0.2) is 5.13 Å². The van der Waals surface area contributed by atoms with Crippen LogP contribution >= 0.6 is 11.3 Å². The molecule has 0 aliphatic heterocycles. The highest BCUT2D eigenvalue weighted by atomic mass is 32.1. The molecule has 3 aromatic rings. The fraction of sp³-hybridized carbons (Fsp3) is 0.250. The molecule has 0 saturated carbocycles. The Morgan fingerprint density at radius 2 is 2.27 bits per heavy atom. The second kappa shape index (κ2) is 5.21. The van der Waals surface area contributed by atoms with Crippen molar-refractivity contribution in [3.05, 3.63) is 46.9 Å². The lowest BCUT2D eigenvalue weighted by molar-refractivity contribution is -0.116. The van der Waals surface area contributed by atoms with E-state index in [-0.39, 0.29) is 18.3 Å². The van der Waals surface area contributed by atoms with E-state index in [9.17, 15) is 9.18 Å². The molecule has 4 rings (SSSR count). The van der Waals surface area contributed by atoms with Crippen LogP contribution in [0.25, 0.3) is 10.9 Å². The third-order valence-electron chi connectivity index (χ3n) is 3.89. The lowest BCUT2D eigenvalue weighted by Crippen LogP contribution is -2.18. The maximum Gasteiger partial charge on any atom is 0.246 e. The van der Waals surface area contributed by atoms with Crippen LogP contribution in [-0.4, -0.2) is 15.5 Å². The standard InChI is InChI=1S/C16H14FN3OS/c17-11-5-4-10-6-7-20(13(10)8-11)9-15(21)19-16-18-12-2-1-3-14(12)22-16/h4-8H,1-3,9H2,(H,18,19,21). The van der Waals surface area contributed by atoms with Crippen LogP contribution in [0.4, 0.5) is 9.52 Å². The van der Waals surface area contributed by atoms with E-state index in [2.05, 4.69) is 10.3 Å². The lowest BCUT2D eigenvalue weighted by atomic mass is 10.2. The van der Waals surface area contributed by atoms with Crippen molar-refractivity contribution in [1.29, 1.82) is 0 Å². The van der Waals surface area contributed by atoms with Gasteiger partial charge in [-0.25, -0.2) is 9.37 Å². The predicted octanol–water partition coefficient (Wildman–Crippen LogP) is 3.36. The van der Waals surface area contributed by atoms with Crippen molar-refractivity contribution in [1.82, 2.24) is 9.55 Å². The van der Waals surface area contributed by atoms with Gasteiger partial charge in [-0.15, -0.1) is 11.3 Å². The number of fused-ring (bicyclic) bond motifs is 2. The number of thiazole rings is 1. The molecule has 1 amide bonds. The topological polar surface area (TPSA) is 46.9 Å². The van der Waals surface area contributed by atoms with Gasteiger partial charge in [-0.2, -0.15) is 0 Å². The smallest absolute Gasteiger partial charge is 0.246 e. The summed E-state index contributed by atoms with van der Waals surface area (Å²) < 4.78 is 15.1. The molecule has 22 heavy (non-hydrogen) atoms. The summed E-state index contributed by atoms with van der Waals surface area (Å²) in [5.41, 5.74) is 1.84. The Balaban J connectivity index is 1.51. The summed E-state index contributed by atoms with van der Waals surface area (Å²) in [7, 11) is 0. The van der Waals surface area contributed by atoms with Crippen LogP contribution in [0.5, 0.6) is 0 Å². The van der Waals surface area contributed by atoms with Gasteiger partial charge in [0.25, 0.3) is 0 Å². The molecule has 2 aromatic heterocycles. The van der Waals surface area contributed by atoms with Gasteiger partial charge in [0.05, 0.1) is 11.2 Å². The molecule has 0 atom stereocenters. The number of anilines is 1. The Hall–Kier alpha value is -2.21. The van der Waals surface area contributed by atoms with Crippen LogP contribution in [0, 0.1) is 5.82 Å². The Morgan fingerprint density at radius 1 is 1.36 bits per heavy atom. The second-order valence-electron chi connectivity index (χ2n) is 5.44. The largest absolute Gasteiger partial charge is 0.338 e. The zero-order chi connectivity index (χ0) is 15.1. The van der Waals surface area contributed by atoms with Crippen molar-refractivity contribution < 1.29 is 9.18 Å². The number of nitrogens with one attached hydrogen (secondary N) is 1. The summed E-state index contributed by atoms with van der Waals surface area (Å²) in [5, 5.41) is 4.43. The van der Waals surface area contributed by atoms with Crippen LogP contribution < -0.4 is 5.32 Å². The molecule has 1 aliphatic carbocycles. The summed E-state index contributed by atoms with van der Waals surface area (Å²) >= 11 is 1.56. The monoisotopic (exact) mass is 315 g/mol. The van der Waals surface area contributed by atoms with Gasteiger partial charge in [-0.3, -0.25) is 4.79 Å². The van der Waals surface area contributed by atoms with Crippen molar-refractivity contribution in [3.8, 4) is 0 Å². The van der Waals surface area contributed by atoms with Gasteiger partial charge < -0.3 is 9.88 Å². The molecule has 1 N–H and O–H groups in total. The van der Waals surface area contributed by atoms with Crippen LogP contribution in [0.1, 0.15) is 17.0 Å². The van der Waals surface area contributed by atoms with E-state index in [1.807, 2.05) is 6.07 Å². The van der Waals surface area contributed by atoms with Crippen LogP contribution in [0.2, 0.25) is 0 Å². The zero-order valence-electron chi connectivity index (χ0n) is 11.8. The summed E-state index contributed by atoms with van der Waals surface area (Å²) in [4.78, 5) is 17.9. The zero-order valence-corrected chi connectivity index (χ0v) is 12.6. The molecule has 0 bridgehead atoms. The van der Waals surface area contributed by atoms with Crippen LogP contribution in [-0.2, 0) is 24.2 Å². The van der Waals surface area contributed by atoms with Crippen molar-refractivity contribution in [3.63, 3.8) is 0 Å². The van der Waals surface area contributed by atoms with Crippen molar-refractivity contribution >= 4 is 33.3 Å². The van der Waals surface area contributed by atoms with Gasteiger partial charge in [0.1, 0.15) is 12.4 Å². The number of aromatic nitrogens is 2. The number of amides is 1.